The summed E-state index contributed by atoms with van der Waals surface area (Å²) in [6, 6.07) is 1.92. The number of esters is 1. The number of sulfonamides is 1. The maximum absolute atomic E-state index is 12.6. The van der Waals surface area contributed by atoms with Gasteiger partial charge in [-0.15, -0.1) is 0 Å². The predicted molar refractivity (Wildman–Crippen MR) is 92.9 cm³/mol. The van der Waals surface area contributed by atoms with Crippen LogP contribution < -0.4 is 4.90 Å². The lowest BCUT2D eigenvalue weighted by molar-refractivity contribution is -0.137. The van der Waals surface area contributed by atoms with Crippen LogP contribution >= 0.6 is 0 Å². The number of carbonyl (C=O) groups excluding carboxylic acids is 1. The zero-order valence-corrected chi connectivity index (χ0v) is 15.6. The molecule has 0 saturated carbocycles. The maximum Gasteiger partial charge on any atom is 0.325 e. The quantitative estimate of drug-likeness (QED) is 0.721. The third-order valence-corrected chi connectivity index (χ3v) is 6.78. The molecule has 138 valence electrons. The first-order chi connectivity index (χ1) is 11.8. The fraction of sp³-hybridized carbons (Fsp3) is 0.688. The number of hydrogen-bond acceptors (Lipinski definition) is 7. The lowest BCUT2D eigenvalue weighted by Gasteiger charge is -2.35. The summed E-state index contributed by atoms with van der Waals surface area (Å²) in [7, 11) is -3.65. The van der Waals surface area contributed by atoms with E-state index < -0.39 is 21.2 Å². The molecule has 0 amide bonds. The van der Waals surface area contributed by atoms with Crippen molar-refractivity contribution in [2.75, 3.05) is 37.7 Å². The molecule has 1 aromatic rings. The fourth-order valence-corrected chi connectivity index (χ4v) is 4.83. The van der Waals surface area contributed by atoms with E-state index in [9.17, 15) is 13.2 Å². The first kappa shape index (κ1) is 18.1. The molecule has 3 heterocycles. The molecule has 3 rings (SSSR count). The number of hydrogen-bond donors (Lipinski definition) is 0. The van der Waals surface area contributed by atoms with Gasteiger partial charge >= 0.3 is 5.97 Å². The summed E-state index contributed by atoms with van der Waals surface area (Å²) in [5.74, 6) is 1.22. The van der Waals surface area contributed by atoms with Crippen molar-refractivity contribution in [3.05, 3.63) is 17.6 Å². The maximum atomic E-state index is 12.6. The number of ether oxygens (including phenoxy) is 1. The third kappa shape index (κ3) is 3.62. The van der Waals surface area contributed by atoms with Crippen molar-refractivity contribution in [3.63, 3.8) is 0 Å². The first-order valence-corrected chi connectivity index (χ1v) is 10.1. The van der Waals surface area contributed by atoms with E-state index in [0.29, 0.717) is 26.2 Å². The highest BCUT2D eigenvalue weighted by atomic mass is 32.2. The Kier molecular flexibility index (Phi) is 4.97. The Morgan fingerprint density at radius 1 is 1.20 bits per heavy atom. The molecule has 2 saturated heterocycles. The van der Waals surface area contributed by atoms with Gasteiger partial charge in [0.15, 0.2) is 5.25 Å². The molecule has 2 fully saturated rings. The number of rotatable bonds is 4. The monoisotopic (exact) mass is 368 g/mol. The predicted octanol–water partition coefficient (Wildman–Crippen LogP) is 0.676. The van der Waals surface area contributed by atoms with Gasteiger partial charge in [0.1, 0.15) is 11.6 Å². The van der Waals surface area contributed by atoms with Crippen LogP contribution in [0.1, 0.15) is 37.7 Å². The molecule has 8 nitrogen and oxygen atoms in total. The number of anilines is 1. The lowest BCUT2D eigenvalue weighted by atomic mass is 10.2. The molecule has 0 spiro atoms. The average molecular weight is 368 g/mol. The Hall–Kier alpha value is -1.74. The summed E-state index contributed by atoms with van der Waals surface area (Å²) < 4.78 is 31.5. The summed E-state index contributed by atoms with van der Waals surface area (Å²) in [6.07, 6.45) is 0.240. The smallest absolute Gasteiger partial charge is 0.325 e. The van der Waals surface area contributed by atoms with Crippen molar-refractivity contribution in [2.24, 2.45) is 0 Å². The summed E-state index contributed by atoms with van der Waals surface area (Å²) in [5.41, 5.74) is 0.900. The van der Waals surface area contributed by atoms with Crippen LogP contribution in [0.5, 0.6) is 0 Å². The number of carbonyl (C=O) groups is 1. The second-order valence-corrected chi connectivity index (χ2v) is 8.87. The number of cyclic esters (lactones) is 1. The molecule has 0 aromatic carbocycles. The molecule has 0 bridgehead atoms. The summed E-state index contributed by atoms with van der Waals surface area (Å²) in [4.78, 5) is 22.8. The summed E-state index contributed by atoms with van der Waals surface area (Å²) in [6.45, 7) is 7.96. The minimum Gasteiger partial charge on any atom is -0.465 e. The van der Waals surface area contributed by atoms with E-state index >= 15 is 0 Å². The normalized spacial score (nSPS) is 22.5. The van der Waals surface area contributed by atoms with Crippen molar-refractivity contribution in [1.82, 2.24) is 14.3 Å². The number of aryl methyl sites for hydroxylation is 1. The molecule has 1 aromatic heterocycles. The molecule has 0 radical (unpaired) electrons. The van der Waals surface area contributed by atoms with Crippen LogP contribution in [0.15, 0.2) is 6.07 Å². The highest BCUT2D eigenvalue weighted by Gasteiger charge is 2.42. The molecule has 0 N–H and O–H groups in total. The van der Waals surface area contributed by atoms with E-state index in [1.54, 1.807) is 0 Å². The molecule has 2 aliphatic rings. The van der Waals surface area contributed by atoms with Crippen LogP contribution in [-0.2, 0) is 19.6 Å². The summed E-state index contributed by atoms with van der Waals surface area (Å²) in [5, 5.41) is -1.05. The molecule has 1 atom stereocenters. The van der Waals surface area contributed by atoms with Gasteiger partial charge in [0.25, 0.3) is 0 Å². The third-order valence-electron chi connectivity index (χ3n) is 4.54. The number of aromatic nitrogens is 2. The van der Waals surface area contributed by atoms with Gasteiger partial charge in [0.2, 0.25) is 10.0 Å². The van der Waals surface area contributed by atoms with Gasteiger partial charge in [-0.25, -0.2) is 18.4 Å². The number of nitrogens with zero attached hydrogens (tertiary/aromatic N) is 4. The van der Waals surface area contributed by atoms with Crippen LogP contribution in [0.2, 0.25) is 0 Å². The van der Waals surface area contributed by atoms with E-state index in [0.717, 1.165) is 17.3 Å². The number of piperazine rings is 1. The largest absolute Gasteiger partial charge is 0.465 e. The standard InChI is InChI=1S/C16H24N4O4S/c1-11(2)15-17-12(3)10-14(18-15)19-5-7-20(8-6-19)25(22,23)13-4-9-24-16(13)21/h10-11,13H,4-9H2,1-3H3/t13-/m1/s1. The average Bonchev–Trinajstić information content (AvgIpc) is 3.01. The molecule has 9 heteroatoms. The Morgan fingerprint density at radius 3 is 2.44 bits per heavy atom. The van der Waals surface area contributed by atoms with Crippen LogP contribution in [0, 0.1) is 6.92 Å². The lowest BCUT2D eigenvalue weighted by Crippen LogP contribution is -2.52. The van der Waals surface area contributed by atoms with E-state index in [1.807, 2.05) is 26.8 Å². The highest BCUT2D eigenvalue weighted by Crippen LogP contribution is 2.23. The van der Waals surface area contributed by atoms with Gasteiger partial charge < -0.3 is 9.64 Å². The Morgan fingerprint density at radius 2 is 1.88 bits per heavy atom. The minimum absolute atomic E-state index is 0.181. The van der Waals surface area contributed by atoms with Crippen molar-refractivity contribution in [3.8, 4) is 0 Å². The SMILES string of the molecule is Cc1cc(N2CCN(S(=O)(=O)[C@@H]3CCOC3=O)CC2)nc(C(C)C)n1. The van der Waals surface area contributed by atoms with Gasteiger partial charge in [-0.3, -0.25) is 4.79 Å². The van der Waals surface area contributed by atoms with Crippen molar-refractivity contribution < 1.29 is 17.9 Å². The van der Waals surface area contributed by atoms with Crippen LogP contribution in [0.4, 0.5) is 5.82 Å². The van der Waals surface area contributed by atoms with Gasteiger partial charge in [-0.1, -0.05) is 13.8 Å². The van der Waals surface area contributed by atoms with E-state index in [2.05, 4.69) is 14.9 Å². The zero-order chi connectivity index (χ0) is 18.2. The van der Waals surface area contributed by atoms with E-state index in [1.165, 1.54) is 4.31 Å². The second kappa shape index (κ2) is 6.87. The Balaban J connectivity index is 1.71. The molecule has 25 heavy (non-hydrogen) atoms. The van der Waals surface area contributed by atoms with Gasteiger partial charge in [0, 0.05) is 50.3 Å². The van der Waals surface area contributed by atoms with Crippen LogP contribution in [0.25, 0.3) is 0 Å². The Bertz CT molecular complexity index is 757. The molecular formula is C16H24N4O4S. The highest BCUT2D eigenvalue weighted by molar-refractivity contribution is 7.90. The van der Waals surface area contributed by atoms with Crippen molar-refractivity contribution >= 4 is 21.8 Å². The van der Waals surface area contributed by atoms with Gasteiger partial charge in [0.05, 0.1) is 6.61 Å². The van der Waals surface area contributed by atoms with E-state index in [-0.39, 0.29) is 18.9 Å². The Labute approximate surface area is 148 Å². The van der Waals surface area contributed by atoms with Crippen molar-refractivity contribution in [2.45, 2.75) is 38.4 Å². The van der Waals surface area contributed by atoms with Crippen LogP contribution in [0.3, 0.4) is 0 Å². The molecular weight excluding hydrogens is 344 g/mol. The minimum atomic E-state index is -3.65. The molecule has 2 aliphatic heterocycles. The first-order valence-electron chi connectivity index (χ1n) is 8.55. The van der Waals surface area contributed by atoms with Gasteiger partial charge in [-0.05, 0) is 6.92 Å². The van der Waals surface area contributed by atoms with Crippen LogP contribution in [-0.4, -0.2) is 66.7 Å². The van der Waals surface area contributed by atoms with Gasteiger partial charge in [-0.2, -0.15) is 4.31 Å². The topological polar surface area (TPSA) is 92.7 Å². The van der Waals surface area contributed by atoms with Crippen molar-refractivity contribution in [1.29, 1.82) is 0 Å². The zero-order valence-electron chi connectivity index (χ0n) is 14.8. The molecule has 0 unspecified atom stereocenters. The summed E-state index contributed by atoms with van der Waals surface area (Å²) >= 11 is 0. The second-order valence-electron chi connectivity index (χ2n) is 6.76. The van der Waals surface area contributed by atoms with E-state index in [4.69, 9.17) is 4.74 Å². The fourth-order valence-electron chi connectivity index (χ4n) is 3.09. The molecule has 0 aliphatic carbocycles.